The average Bonchev–Trinajstić information content (AvgIpc) is 3.34. The van der Waals surface area contributed by atoms with Gasteiger partial charge >= 0.3 is 5.97 Å². The molecule has 10 nitrogen and oxygen atoms in total. The molecule has 0 amide bonds. The predicted octanol–water partition coefficient (Wildman–Crippen LogP) is 1.73. The maximum Gasteiger partial charge on any atom is 0.326 e. The number of benzene rings is 1. The van der Waals surface area contributed by atoms with Crippen LogP contribution in [0.5, 0.6) is 0 Å². The van der Waals surface area contributed by atoms with Gasteiger partial charge in [0, 0.05) is 19.5 Å². The topological polar surface area (TPSA) is 125 Å². The molecule has 0 N–H and O–H groups in total. The number of ether oxygens (including phenoxy) is 1. The highest BCUT2D eigenvalue weighted by atomic mass is 32.2. The Morgan fingerprint density at radius 2 is 1.93 bits per heavy atom. The predicted molar refractivity (Wildman–Crippen MR) is 105 cm³/mol. The van der Waals surface area contributed by atoms with Crippen molar-refractivity contribution >= 4 is 38.1 Å². The highest BCUT2D eigenvalue weighted by Crippen LogP contribution is 2.24. The third-order valence-electron chi connectivity index (χ3n) is 4.40. The fourth-order valence-electron chi connectivity index (χ4n) is 2.82. The molecule has 0 saturated heterocycles. The number of hydrogen-bond acceptors (Lipinski definition) is 8. The molecule has 0 spiro atoms. The molecule has 11 heteroatoms. The SMILES string of the molecule is CN(C)S(=O)(=O)c1ccc(COC(=O)Cn2cnc3c(oc4ccccc43)c2=O)o1. The van der Waals surface area contributed by atoms with Crippen molar-refractivity contribution in [3.63, 3.8) is 0 Å². The van der Waals surface area contributed by atoms with Crippen LogP contribution < -0.4 is 5.56 Å². The van der Waals surface area contributed by atoms with Crippen LogP contribution in [0.3, 0.4) is 0 Å². The molecule has 4 aromatic rings. The van der Waals surface area contributed by atoms with Crippen LogP contribution in [0.15, 0.2) is 61.4 Å². The van der Waals surface area contributed by atoms with Gasteiger partial charge in [-0.2, -0.15) is 0 Å². The molecule has 1 aromatic carbocycles. The first-order chi connectivity index (χ1) is 14.3. The fourth-order valence-corrected chi connectivity index (χ4v) is 3.63. The van der Waals surface area contributed by atoms with E-state index in [1.54, 1.807) is 18.2 Å². The molecule has 0 aliphatic carbocycles. The van der Waals surface area contributed by atoms with Gasteiger partial charge in [-0.1, -0.05) is 12.1 Å². The van der Waals surface area contributed by atoms with E-state index in [0.717, 1.165) is 8.87 Å². The van der Waals surface area contributed by atoms with E-state index in [1.807, 2.05) is 6.07 Å². The smallest absolute Gasteiger partial charge is 0.326 e. The van der Waals surface area contributed by atoms with E-state index in [2.05, 4.69) is 4.98 Å². The molecule has 4 rings (SSSR count). The van der Waals surface area contributed by atoms with Crippen LogP contribution >= 0.6 is 0 Å². The first-order valence-electron chi connectivity index (χ1n) is 8.81. The highest BCUT2D eigenvalue weighted by Gasteiger charge is 2.22. The lowest BCUT2D eigenvalue weighted by Crippen LogP contribution is -2.25. The summed E-state index contributed by atoms with van der Waals surface area (Å²) < 4.78 is 42.0. The van der Waals surface area contributed by atoms with Crippen LogP contribution in [0.2, 0.25) is 0 Å². The number of carbonyl (C=O) groups excluding carboxylic acids is 1. The second-order valence-electron chi connectivity index (χ2n) is 6.62. The molecule has 0 aliphatic heterocycles. The zero-order valence-electron chi connectivity index (χ0n) is 16.1. The normalized spacial score (nSPS) is 12.1. The summed E-state index contributed by atoms with van der Waals surface area (Å²) in [6.07, 6.45) is 1.25. The van der Waals surface area contributed by atoms with Gasteiger partial charge in [0.2, 0.25) is 10.7 Å². The second kappa shape index (κ2) is 7.43. The summed E-state index contributed by atoms with van der Waals surface area (Å²) in [6.45, 7) is -0.667. The van der Waals surface area contributed by atoms with E-state index in [-0.39, 0.29) is 29.6 Å². The Morgan fingerprint density at radius 3 is 2.70 bits per heavy atom. The van der Waals surface area contributed by atoms with Crippen molar-refractivity contribution in [1.82, 2.24) is 13.9 Å². The van der Waals surface area contributed by atoms with Gasteiger partial charge < -0.3 is 13.6 Å². The lowest BCUT2D eigenvalue weighted by Gasteiger charge is -2.08. The van der Waals surface area contributed by atoms with Gasteiger partial charge in [-0.25, -0.2) is 17.7 Å². The zero-order chi connectivity index (χ0) is 21.5. The minimum Gasteiger partial charge on any atom is -0.456 e. The Bertz CT molecular complexity index is 1410. The minimum atomic E-state index is -3.72. The molecule has 0 fully saturated rings. The second-order valence-corrected chi connectivity index (χ2v) is 8.71. The van der Waals surface area contributed by atoms with E-state index >= 15 is 0 Å². The number of fused-ring (bicyclic) bond motifs is 3. The standard InChI is InChI=1S/C19H17N3O7S/c1-21(2)30(25,26)16-8-7-12(28-16)10-27-15(23)9-22-11-20-17-13-5-3-4-6-14(13)29-18(17)19(22)24/h3-8,11H,9-10H2,1-2H3. The summed E-state index contributed by atoms with van der Waals surface area (Å²) >= 11 is 0. The number of nitrogens with zero attached hydrogens (tertiary/aromatic N) is 3. The molecule has 3 heterocycles. The third kappa shape index (κ3) is 3.48. The highest BCUT2D eigenvalue weighted by molar-refractivity contribution is 7.88. The number of aromatic nitrogens is 2. The Morgan fingerprint density at radius 1 is 1.17 bits per heavy atom. The lowest BCUT2D eigenvalue weighted by atomic mass is 10.2. The van der Waals surface area contributed by atoms with Crippen LogP contribution in [-0.4, -0.2) is 42.3 Å². The maximum absolute atomic E-state index is 12.6. The Hall–Kier alpha value is -3.44. The molecule has 0 unspecified atom stereocenters. The van der Waals surface area contributed by atoms with Gasteiger partial charge in [0.1, 0.15) is 30.0 Å². The molecule has 0 bridgehead atoms. The van der Waals surface area contributed by atoms with E-state index < -0.39 is 21.6 Å². The van der Waals surface area contributed by atoms with Crippen LogP contribution in [-0.2, 0) is 32.7 Å². The van der Waals surface area contributed by atoms with Crippen molar-refractivity contribution in [2.75, 3.05) is 14.1 Å². The molecule has 156 valence electrons. The summed E-state index contributed by atoms with van der Waals surface area (Å²) in [7, 11) is -0.964. The Labute approximate surface area is 170 Å². The van der Waals surface area contributed by atoms with E-state index in [1.165, 1.54) is 32.6 Å². The van der Waals surface area contributed by atoms with Gasteiger partial charge in [-0.15, -0.1) is 0 Å². The number of sulfonamides is 1. The molecule has 30 heavy (non-hydrogen) atoms. The summed E-state index contributed by atoms with van der Waals surface area (Å²) in [5, 5.41) is 0.454. The Balaban J connectivity index is 1.48. The molecule has 3 aromatic heterocycles. The number of rotatable bonds is 6. The number of para-hydroxylation sites is 1. The Kier molecular flexibility index (Phi) is 4.92. The van der Waals surface area contributed by atoms with Gasteiger partial charge in [-0.3, -0.25) is 14.2 Å². The first kappa shape index (κ1) is 19.9. The number of furan rings is 2. The van der Waals surface area contributed by atoms with Crippen LogP contribution in [0.1, 0.15) is 5.76 Å². The number of carbonyl (C=O) groups is 1. The maximum atomic E-state index is 12.6. The summed E-state index contributed by atoms with van der Waals surface area (Å²) in [6, 6.07) is 9.79. The van der Waals surface area contributed by atoms with Gasteiger partial charge in [0.05, 0.1) is 6.33 Å². The third-order valence-corrected chi connectivity index (χ3v) is 6.09. The molecule has 0 aliphatic rings. The fraction of sp³-hybridized carbons (Fsp3) is 0.211. The molecular formula is C19H17N3O7S. The number of esters is 1. The largest absolute Gasteiger partial charge is 0.456 e. The van der Waals surface area contributed by atoms with Crippen molar-refractivity contribution in [3.05, 3.63) is 58.8 Å². The summed E-state index contributed by atoms with van der Waals surface area (Å²) in [5.74, 6) is -0.565. The summed E-state index contributed by atoms with van der Waals surface area (Å²) in [5.41, 5.74) is 0.491. The van der Waals surface area contributed by atoms with E-state index in [0.29, 0.717) is 16.5 Å². The van der Waals surface area contributed by atoms with Crippen molar-refractivity contribution in [2.24, 2.45) is 0 Å². The van der Waals surface area contributed by atoms with Crippen molar-refractivity contribution in [1.29, 1.82) is 0 Å². The molecule has 0 atom stereocenters. The van der Waals surface area contributed by atoms with Crippen LogP contribution in [0.4, 0.5) is 0 Å². The van der Waals surface area contributed by atoms with Crippen LogP contribution in [0, 0.1) is 0 Å². The lowest BCUT2D eigenvalue weighted by molar-refractivity contribution is -0.146. The van der Waals surface area contributed by atoms with Crippen molar-refractivity contribution in [2.45, 2.75) is 18.2 Å². The minimum absolute atomic E-state index is 0.0519. The molecule has 0 radical (unpaired) electrons. The van der Waals surface area contributed by atoms with Crippen molar-refractivity contribution in [3.8, 4) is 0 Å². The quantitative estimate of drug-likeness (QED) is 0.423. The molecule has 0 saturated carbocycles. The van der Waals surface area contributed by atoms with E-state index in [9.17, 15) is 18.0 Å². The monoisotopic (exact) mass is 431 g/mol. The van der Waals surface area contributed by atoms with E-state index in [4.69, 9.17) is 13.6 Å². The number of hydrogen-bond donors (Lipinski definition) is 0. The van der Waals surface area contributed by atoms with Crippen LogP contribution in [0.25, 0.3) is 22.1 Å². The average molecular weight is 431 g/mol. The van der Waals surface area contributed by atoms with Gasteiger partial charge in [0.25, 0.3) is 15.6 Å². The molecular weight excluding hydrogens is 414 g/mol. The van der Waals surface area contributed by atoms with Crippen molar-refractivity contribution < 1.29 is 26.8 Å². The first-order valence-corrected chi connectivity index (χ1v) is 10.2. The van der Waals surface area contributed by atoms with Gasteiger partial charge in [0.15, 0.2) is 0 Å². The zero-order valence-corrected chi connectivity index (χ0v) is 16.9. The summed E-state index contributed by atoms with van der Waals surface area (Å²) in [4.78, 5) is 29.0. The van der Waals surface area contributed by atoms with Gasteiger partial charge in [-0.05, 0) is 24.3 Å².